The lowest BCUT2D eigenvalue weighted by molar-refractivity contribution is 0.0523. The number of hydrogen-bond donors (Lipinski definition) is 2. The summed E-state index contributed by atoms with van der Waals surface area (Å²) >= 11 is 3.26. The van der Waals surface area contributed by atoms with Crippen LogP contribution in [0.1, 0.15) is 26.3 Å². The van der Waals surface area contributed by atoms with Gasteiger partial charge in [-0.2, -0.15) is 0 Å². The average molecular weight is 332 g/mol. The summed E-state index contributed by atoms with van der Waals surface area (Å²) in [5.74, 6) is 0.374. The predicted octanol–water partition coefficient (Wildman–Crippen LogP) is 3.19. The molecule has 106 valence electrons. The number of carbonyl (C=O) groups is 1. The van der Waals surface area contributed by atoms with Gasteiger partial charge in [0.15, 0.2) is 11.5 Å². The van der Waals surface area contributed by atoms with Crippen LogP contribution >= 0.6 is 15.9 Å². The Kier molecular flexibility index (Phi) is 5.05. The third-order valence-corrected chi connectivity index (χ3v) is 3.09. The van der Waals surface area contributed by atoms with Crippen LogP contribution < -0.4 is 10.1 Å². The van der Waals surface area contributed by atoms with E-state index in [2.05, 4.69) is 21.2 Å². The number of phenols is 1. The van der Waals surface area contributed by atoms with Crippen LogP contribution in [0, 0.1) is 0 Å². The second-order valence-corrected chi connectivity index (χ2v) is 5.74. The fourth-order valence-electron chi connectivity index (χ4n) is 1.37. The highest BCUT2D eigenvalue weighted by molar-refractivity contribution is 9.10. The number of carbonyl (C=O) groups excluding carboxylic acids is 1. The zero-order chi connectivity index (χ0) is 14.6. The number of aromatic hydroxyl groups is 1. The van der Waals surface area contributed by atoms with Crippen LogP contribution in [-0.2, 0) is 11.3 Å². The summed E-state index contributed by atoms with van der Waals surface area (Å²) in [7, 11) is 1.47. The molecule has 2 N–H and O–H groups in total. The van der Waals surface area contributed by atoms with E-state index < -0.39 is 11.7 Å². The number of amides is 1. The van der Waals surface area contributed by atoms with E-state index in [-0.39, 0.29) is 12.3 Å². The number of methoxy groups -OCH3 is 1. The van der Waals surface area contributed by atoms with Crippen molar-refractivity contribution in [2.24, 2.45) is 0 Å². The van der Waals surface area contributed by atoms with Gasteiger partial charge in [0.25, 0.3) is 0 Å². The number of halogens is 1. The van der Waals surface area contributed by atoms with Crippen LogP contribution in [-0.4, -0.2) is 23.9 Å². The van der Waals surface area contributed by atoms with E-state index in [0.717, 1.165) is 5.56 Å². The molecule has 1 rings (SSSR count). The lowest BCUT2D eigenvalue weighted by atomic mass is 10.2. The third-order valence-electron chi connectivity index (χ3n) is 2.20. The maximum Gasteiger partial charge on any atom is 0.407 e. The van der Waals surface area contributed by atoms with Crippen molar-refractivity contribution in [2.45, 2.75) is 32.9 Å². The fourth-order valence-corrected chi connectivity index (χ4v) is 1.84. The van der Waals surface area contributed by atoms with Crippen LogP contribution in [0.15, 0.2) is 16.6 Å². The van der Waals surface area contributed by atoms with Gasteiger partial charge in [0.1, 0.15) is 5.60 Å². The van der Waals surface area contributed by atoms with Gasteiger partial charge in [-0.25, -0.2) is 4.79 Å². The number of ether oxygens (including phenoxy) is 2. The number of phenolic OH excluding ortho intramolecular Hbond substituents is 1. The van der Waals surface area contributed by atoms with Crippen molar-refractivity contribution >= 4 is 22.0 Å². The van der Waals surface area contributed by atoms with Crippen LogP contribution in [0.2, 0.25) is 0 Å². The Hall–Kier alpha value is -1.43. The first-order valence-electron chi connectivity index (χ1n) is 5.76. The lowest BCUT2D eigenvalue weighted by Crippen LogP contribution is -2.32. The average Bonchev–Trinajstić information content (AvgIpc) is 2.29. The van der Waals surface area contributed by atoms with E-state index in [9.17, 15) is 9.90 Å². The molecule has 1 amide bonds. The summed E-state index contributed by atoms with van der Waals surface area (Å²) in [5.41, 5.74) is 0.188. The maximum absolute atomic E-state index is 11.5. The van der Waals surface area contributed by atoms with Crippen molar-refractivity contribution in [3.05, 3.63) is 22.2 Å². The van der Waals surface area contributed by atoms with Gasteiger partial charge in [-0.15, -0.1) is 0 Å². The molecule has 6 heteroatoms. The highest BCUT2D eigenvalue weighted by Crippen LogP contribution is 2.36. The first kappa shape index (κ1) is 15.6. The molecule has 0 fully saturated rings. The molecule has 0 aliphatic heterocycles. The lowest BCUT2D eigenvalue weighted by Gasteiger charge is -2.20. The molecule has 0 bridgehead atoms. The maximum atomic E-state index is 11.5. The van der Waals surface area contributed by atoms with Gasteiger partial charge in [-0.1, -0.05) is 6.07 Å². The minimum atomic E-state index is -0.538. The first-order chi connectivity index (χ1) is 8.74. The minimum absolute atomic E-state index is 0.00555. The number of alkyl carbamates (subject to hydrolysis) is 1. The van der Waals surface area contributed by atoms with Gasteiger partial charge in [0, 0.05) is 6.54 Å². The second kappa shape index (κ2) is 6.14. The van der Waals surface area contributed by atoms with Gasteiger partial charge in [-0.3, -0.25) is 0 Å². The molecule has 5 nitrogen and oxygen atoms in total. The Morgan fingerprint density at radius 3 is 2.58 bits per heavy atom. The van der Waals surface area contributed by atoms with Crippen molar-refractivity contribution in [3.63, 3.8) is 0 Å². The number of benzene rings is 1. The molecule has 0 saturated heterocycles. The van der Waals surface area contributed by atoms with Crippen LogP contribution in [0.5, 0.6) is 11.5 Å². The molecule has 0 aliphatic rings. The molecule has 0 heterocycles. The summed E-state index contributed by atoms with van der Waals surface area (Å²) in [5, 5.41) is 12.4. The van der Waals surface area contributed by atoms with Gasteiger partial charge >= 0.3 is 6.09 Å². The van der Waals surface area contributed by atoms with E-state index in [1.54, 1.807) is 32.9 Å². The van der Waals surface area contributed by atoms with E-state index in [1.807, 2.05) is 0 Å². The van der Waals surface area contributed by atoms with Gasteiger partial charge < -0.3 is 19.9 Å². The van der Waals surface area contributed by atoms with Gasteiger partial charge in [0.05, 0.1) is 11.6 Å². The summed E-state index contributed by atoms with van der Waals surface area (Å²) in [6, 6.07) is 3.38. The highest BCUT2D eigenvalue weighted by atomic mass is 79.9. The minimum Gasteiger partial charge on any atom is -0.503 e. The summed E-state index contributed by atoms with van der Waals surface area (Å²) in [4.78, 5) is 11.5. The molecule has 0 unspecified atom stereocenters. The van der Waals surface area contributed by atoms with Crippen LogP contribution in [0.25, 0.3) is 0 Å². The van der Waals surface area contributed by atoms with E-state index in [4.69, 9.17) is 9.47 Å². The monoisotopic (exact) mass is 331 g/mol. The van der Waals surface area contributed by atoms with E-state index >= 15 is 0 Å². The molecule has 0 saturated carbocycles. The van der Waals surface area contributed by atoms with Crippen LogP contribution in [0.3, 0.4) is 0 Å². The largest absolute Gasteiger partial charge is 0.503 e. The van der Waals surface area contributed by atoms with Crippen molar-refractivity contribution < 1.29 is 19.4 Å². The third kappa shape index (κ3) is 4.63. The predicted molar refractivity (Wildman–Crippen MR) is 75.4 cm³/mol. The zero-order valence-electron chi connectivity index (χ0n) is 11.4. The van der Waals surface area contributed by atoms with E-state index in [0.29, 0.717) is 10.2 Å². The molecule has 0 aromatic heterocycles. The standard InChI is InChI=1S/C13H18BrNO4/c1-13(2,3)19-12(17)15-7-8-5-6-9(18-4)11(16)10(8)14/h5-6,16H,7H2,1-4H3,(H,15,17). The summed E-state index contributed by atoms with van der Waals surface area (Å²) < 4.78 is 10.6. The Bertz CT molecular complexity index is 468. The Balaban J connectivity index is 2.69. The first-order valence-corrected chi connectivity index (χ1v) is 6.55. The van der Waals surface area contributed by atoms with Gasteiger partial charge in [0.2, 0.25) is 0 Å². The van der Waals surface area contributed by atoms with Crippen molar-refractivity contribution in [1.29, 1.82) is 0 Å². The molecule has 0 atom stereocenters. The molecular weight excluding hydrogens is 314 g/mol. The Labute approximate surface area is 121 Å². The Morgan fingerprint density at radius 2 is 2.05 bits per heavy atom. The zero-order valence-corrected chi connectivity index (χ0v) is 13.0. The summed E-state index contributed by atoms with van der Waals surface area (Å²) in [6.45, 7) is 5.62. The Morgan fingerprint density at radius 1 is 1.42 bits per heavy atom. The number of rotatable bonds is 3. The smallest absolute Gasteiger partial charge is 0.407 e. The van der Waals surface area contributed by atoms with Gasteiger partial charge in [-0.05, 0) is 48.3 Å². The molecule has 1 aromatic carbocycles. The molecule has 0 spiro atoms. The topological polar surface area (TPSA) is 67.8 Å². The number of nitrogens with one attached hydrogen (secondary N) is 1. The van der Waals surface area contributed by atoms with E-state index in [1.165, 1.54) is 7.11 Å². The molecular formula is C13H18BrNO4. The van der Waals surface area contributed by atoms with Crippen molar-refractivity contribution in [2.75, 3.05) is 7.11 Å². The SMILES string of the molecule is COc1ccc(CNC(=O)OC(C)(C)C)c(Br)c1O. The fraction of sp³-hybridized carbons (Fsp3) is 0.462. The normalized spacial score (nSPS) is 11.0. The van der Waals surface area contributed by atoms with Crippen molar-refractivity contribution in [1.82, 2.24) is 5.32 Å². The second-order valence-electron chi connectivity index (χ2n) is 4.94. The van der Waals surface area contributed by atoms with Crippen molar-refractivity contribution in [3.8, 4) is 11.5 Å². The number of hydrogen-bond acceptors (Lipinski definition) is 4. The molecule has 0 radical (unpaired) electrons. The summed E-state index contributed by atoms with van der Waals surface area (Å²) in [6.07, 6.45) is -0.505. The molecule has 19 heavy (non-hydrogen) atoms. The highest BCUT2D eigenvalue weighted by Gasteiger charge is 2.17. The molecule has 1 aromatic rings. The van der Waals surface area contributed by atoms with Crippen LogP contribution in [0.4, 0.5) is 4.79 Å². The quantitative estimate of drug-likeness (QED) is 0.892. The molecule has 0 aliphatic carbocycles.